The quantitative estimate of drug-likeness (QED) is 0.379. The van der Waals surface area contributed by atoms with Crippen LogP contribution in [0.1, 0.15) is 94.1 Å². The van der Waals surface area contributed by atoms with E-state index >= 15 is 0 Å². The summed E-state index contributed by atoms with van der Waals surface area (Å²) in [6, 6.07) is 4.73. The molecule has 0 aromatic carbocycles. The molecule has 1 heterocycles. The zero-order chi connectivity index (χ0) is 20.3. The summed E-state index contributed by atoms with van der Waals surface area (Å²) in [6.07, 6.45) is 6.39. The molecule has 0 radical (unpaired) electrons. The van der Waals surface area contributed by atoms with Gasteiger partial charge in [0.1, 0.15) is 11.4 Å². The van der Waals surface area contributed by atoms with Gasteiger partial charge in [0.05, 0.1) is 13.2 Å². The predicted octanol–water partition coefficient (Wildman–Crippen LogP) is 5.44. The molecule has 1 aromatic rings. The van der Waals surface area contributed by atoms with E-state index in [1.165, 1.54) is 12.8 Å². The number of nitrogens with zero attached hydrogens (tertiary/aromatic N) is 1. The number of carbonyl (C=O) groups is 2. The molecule has 5 heteroatoms. The van der Waals surface area contributed by atoms with Crippen LogP contribution < -0.4 is 0 Å². The summed E-state index contributed by atoms with van der Waals surface area (Å²) in [4.78, 5) is 28.4. The molecule has 0 aliphatic rings. The molecule has 0 saturated heterocycles. The van der Waals surface area contributed by atoms with Crippen LogP contribution in [0.25, 0.3) is 0 Å². The van der Waals surface area contributed by atoms with Crippen molar-refractivity contribution < 1.29 is 19.1 Å². The number of aromatic nitrogens is 1. The first-order chi connectivity index (χ1) is 12.7. The Hall–Kier alpha value is -1.91. The SMILES string of the molecule is CCCCCCCOC(=O)c1cccc(C(=O)OCC(C)CC(C)(C)C)n1. The van der Waals surface area contributed by atoms with Gasteiger partial charge in [0, 0.05) is 0 Å². The summed E-state index contributed by atoms with van der Waals surface area (Å²) in [5, 5.41) is 0. The lowest BCUT2D eigenvalue weighted by molar-refractivity contribution is 0.0412. The Morgan fingerprint density at radius 1 is 1.00 bits per heavy atom. The van der Waals surface area contributed by atoms with Crippen LogP contribution in [0.15, 0.2) is 18.2 Å². The maximum absolute atomic E-state index is 12.2. The van der Waals surface area contributed by atoms with Gasteiger partial charge in [-0.15, -0.1) is 0 Å². The molecular formula is C22H35NO4. The van der Waals surface area contributed by atoms with Crippen molar-refractivity contribution in [1.82, 2.24) is 4.98 Å². The highest BCUT2D eigenvalue weighted by Gasteiger charge is 2.18. The van der Waals surface area contributed by atoms with Gasteiger partial charge in [-0.1, -0.05) is 66.4 Å². The predicted molar refractivity (Wildman–Crippen MR) is 107 cm³/mol. The Balaban J connectivity index is 2.47. The van der Waals surface area contributed by atoms with Gasteiger partial charge in [0.2, 0.25) is 0 Å². The number of carbonyl (C=O) groups excluding carboxylic acids is 2. The van der Waals surface area contributed by atoms with Crippen molar-refractivity contribution in [2.45, 2.75) is 73.1 Å². The minimum absolute atomic E-state index is 0.135. The van der Waals surface area contributed by atoms with Gasteiger partial charge in [-0.2, -0.15) is 0 Å². The van der Waals surface area contributed by atoms with Gasteiger partial charge in [0.15, 0.2) is 0 Å². The first-order valence-electron chi connectivity index (χ1n) is 10.0. The van der Waals surface area contributed by atoms with Crippen molar-refractivity contribution in [3.05, 3.63) is 29.6 Å². The zero-order valence-corrected chi connectivity index (χ0v) is 17.5. The number of rotatable bonds is 11. The van der Waals surface area contributed by atoms with Crippen LogP contribution >= 0.6 is 0 Å². The van der Waals surface area contributed by atoms with Crippen LogP contribution in [0.2, 0.25) is 0 Å². The smallest absolute Gasteiger partial charge is 0.356 e. The third kappa shape index (κ3) is 10.1. The van der Waals surface area contributed by atoms with Crippen LogP contribution in [0.4, 0.5) is 0 Å². The summed E-state index contributed by atoms with van der Waals surface area (Å²) < 4.78 is 10.6. The molecular weight excluding hydrogens is 342 g/mol. The van der Waals surface area contributed by atoms with Crippen molar-refractivity contribution in [3.8, 4) is 0 Å². The lowest BCUT2D eigenvalue weighted by Crippen LogP contribution is -2.19. The summed E-state index contributed by atoms with van der Waals surface area (Å²) >= 11 is 0. The van der Waals surface area contributed by atoms with Crippen LogP contribution in [0.3, 0.4) is 0 Å². The Morgan fingerprint density at radius 3 is 2.19 bits per heavy atom. The number of hydrogen-bond donors (Lipinski definition) is 0. The minimum Gasteiger partial charge on any atom is -0.461 e. The van der Waals surface area contributed by atoms with E-state index in [0.717, 1.165) is 25.7 Å². The molecule has 0 N–H and O–H groups in total. The Bertz CT molecular complexity index is 592. The van der Waals surface area contributed by atoms with Crippen molar-refractivity contribution in [3.63, 3.8) is 0 Å². The second kappa shape index (κ2) is 11.7. The molecule has 1 unspecified atom stereocenters. The van der Waals surface area contributed by atoms with Crippen LogP contribution in [0.5, 0.6) is 0 Å². The van der Waals surface area contributed by atoms with E-state index in [-0.39, 0.29) is 22.7 Å². The van der Waals surface area contributed by atoms with Crippen molar-refractivity contribution in [1.29, 1.82) is 0 Å². The monoisotopic (exact) mass is 377 g/mol. The summed E-state index contributed by atoms with van der Waals surface area (Å²) in [7, 11) is 0. The first-order valence-corrected chi connectivity index (χ1v) is 10.0. The number of unbranched alkanes of at least 4 members (excludes halogenated alkanes) is 4. The molecule has 1 aromatic heterocycles. The first kappa shape index (κ1) is 23.1. The number of hydrogen-bond acceptors (Lipinski definition) is 5. The van der Waals surface area contributed by atoms with Gasteiger partial charge in [-0.05, 0) is 36.3 Å². The zero-order valence-electron chi connectivity index (χ0n) is 17.5. The maximum Gasteiger partial charge on any atom is 0.356 e. The summed E-state index contributed by atoms with van der Waals surface area (Å²) in [6.45, 7) is 11.4. The van der Waals surface area contributed by atoms with Crippen molar-refractivity contribution in [2.75, 3.05) is 13.2 Å². The van der Waals surface area contributed by atoms with Gasteiger partial charge in [0.25, 0.3) is 0 Å². The Labute approximate surface area is 163 Å². The van der Waals surface area contributed by atoms with E-state index < -0.39 is 11.9 Å². The topological polar surface area (TPSA) is 65.5 Å². The van der Waals surface area contributed by atoms with Gasteiger partial charge >= 0.3 is 11.9 Å². The standard InChI is InChI=1S/C22H35NO4/c1-6-7-8-9-10-14-26-20(24)18-12-11-13-19(23-18)21(25)27-16-17(2)15-22(3,4)5/h11-13,17H,6-10,14-16H2,1-5H3. The van der Waals surface area contributed by atoms with E-state index in [9.17, 15) is 9.59 Å². The lowest BCUT2D eigenvalue weighted by Gasteiger charge is -2.22. The highest BCUT2D eigenvalue weighted by Crippen LogP contribution is 2.24. The van der Waals surface area contributed by atoms with E-state index in [0.29, 0.717) is 13.2 Å². The molecule has 0 aliphatic heterocycles. The van der Waals surface area contributed by atoms with Gasteiger partial charge in [-0.25, -0.2) is 14.6 Å². The van der Waals surface area contributed by atoms with Crippen LogP contribution in [-0.4, -0.2) is 30.1 Å². The van der Waals surface area contributed by atoms with Crippen molar-refractivity contribution in [2.24, 2.45) is 11.3 Å². The number of esters is 2. The Morgan fingerprint density at radius 2 is 1.59 bits per heavy atom. The van der Waals surface area contributed by atoms with E-state index in [1.807, 2.05) is 0 Å². The molecule has 152 valence electrons. The number of ether oxygens (including phenoxy) is 2. The molecule has 0 aliphatic carbocycles. The highest BCUT2D eigenvalue weighted by atomic mass is 16.5. The second-order valence-electron chi connectivity index (χ2n) is 8.43. The van der Waals surface area contributed by atoms with Crippen molar-refractivity contribution >= 4 is 11.9 Å². The fourth-order valence-corrected chi connectivity index (χ4v) is 3.00. The average molecular weight is 378 g/mol. The van der Waals surface area contributed by atoms with Gasteiger partial charge < -0.3 is 9.47 Å². The second-order valence-corrected chi connectivity index (χ2v) is 8.43. The van der Waals surface area contributed by atoms with Crippen LogP contribution in [0, 0.1) is 11.3 Å². The van der Waals surface area contributed by atoms with E-state index in [4.69, 9.17) is 9.47 Å². The fraction of sp³-hybridized carbons (Fsp3) is 0.682. The molecule has 0 spiro atoms. The summed E-state index contributed by atoms with van der Waals surface area (Å²) in [5.74, 6) is -0.749. The lowest BCUT2D eigenvalue weighted by atomic mass is 9.86. The Kier molecular flexibility index (Phi) is 10.0. The fourth-order valence-electron chi connectivity index (χ4n) is 3.00. The summed E-state index contributed by atoms with van der Waals surface area (Å²) in [5.41, 5.74) is 0.459. The highest BCUT2D eigenvalue weighted by molar-refractivity contribution is 5.91. The normalized spacial score (nSPS) is 12.5. The molecule has 0 fully saturated rings. The van der Waals surface area contributed by atoms with E-state index in [1.54, 1.807) is 18.2 Å². The number of pyridine rings is 1. The molecule has 27 heavy (non-hydrogen) atoms. The van der Waals surface area contributed by atoms with Crippen LogP contribution in [-0.2, 0) is 9.47 Å². The molecule has 0 bridgehead atoms. The van der Waals surface area contributed by atoms with Gasteiger partial charge in [-0.3, -0.25) is 0 Å². The third-order valence-corrected chi connectivity index (χ3v) is 4.11. The molecule has 1 atom stereocenters. The largest absolute Gasteiger partial charge is 0.461 e. The minimum atomic E-state index is -0.509. The third-order valence-electron chi connectivity index (χ3n) is 4.11. The molecule has 1 rings (SSSR count). The van der Waals surface area contributed by atoms with E-state index in [2.05, 4.69) is 39.6 Å². The maximum atomic E-state index is 12.2. The molecule has 0 saturated carbocycles. The average Bonchev–Trinajstić information content (AvgIpc) is 2.61. The molecule has 5 nitrogen and oxygen atoms in total. The molecule has 0 amide bonds.